The van der Waals surface area contributed by atoms with Crippen molar-refractivity contribution >= 4 is 0 Å². The first-order valence-corrected chi connectivity index (χ1v) is 5.79. The molecule has 96 valence electrons. The van der Waals surface area contributed by atoms with Gasteiger partial charge >= 0.3 is 6.18 Å². The Balaban J connectivity index is 2.76. The molecule has 2 atom stereocenters. The van der Waals surface area contributed by atoms with Crippen LogP contribution in [0.3, 0.4) is 0 Å². The highest BCUT2D eigenvalue weighted by molar-refractivity contribution is 4.97. The molecule has 2 nitrogen and oxygen atoms in total. The molecule has 1 aliphatic rings. The molecule has 0 spiro atoms. The Hall–Kier alpha value is -0.290. The quantitative estimate of drug-likeness (QED) is 0.818. The number of nitrogens with two attached hydrogens (primary N) is 1. The number of hydrogen-bond donors (Lipinski definition) is 1. The third kappa shape index (κ3) is 2.88. The van der Waals surface area contributed by atoms with Gasteiger partial charge in [0.1, 0.15) is 6.04 Å². The molecule has 2 unspecified atom stereocenters. The minimum Gasteiger partial charge on any atom is -0.324 e. The summed E-state index contributed by atoms with van der Waals surface area (Å²) < 4.78 is 38.7. The molecular formula is C11H21F3N2. The van der Waals surface area contributed by atoms with Crippen molar-refractivity contribution in [2.45, 2.75) is 51.4 Å². The summed E-state index contributed by atoms with van der Waals surface area (Å²) in [5.74, 6) is -0.431. The van der Waals surface area contributed by atoms with Crippen molar-refractivity contribution in [1.29, 1.82) is 0 Å². The molecule has 1 rings (SSSR count). The molecule has 0 amide bonds. The van der Waals surface area contributed by atoms with Crippen molar-refractivity contribution in [3.8, 4) is 0 Å². The Morgan fingerprint density at radius 1 is 1.38 bits per heavy atom. The lowest BCUT2D eigenvalue weighted by Gasteiger charge is -2.33. The number of likely N-dealkylation sites (tertiary alicyclic amines) is 1. The van der Waals surface area contributed by atoms with Crippen LogP contribution in [0.1, 0.15) is 33.6 Å². The molecule has 0 radical (unpaired) electrons. The summed E-state index contributed by atoms with van der Waals surface area (Å²) in [4.78, 5) is 1.49. The van der Waals surface area contributed by atoms with E-state index in [0.717, 1.165) is 6.42 Å². The summed E-state index contributed by atoms with van der Waals surface area (Å²) in [7, 11) is 0. The van der Waals surface area contributed by atoms with Crippen LogP contribution in [-0.2, 0) is 0 Å². The van der Waals surface area contributed by atoms with Crippen molar-refractivity contribution < 1.29 is 13.2 Å². The average molecular weight is 238 g/mol. The number of hydrogen-bond acceptors (Lipinski definition) is 2. The van der Waals surface area contributed by atoms with Gasteiger partial charge in [0.05, 0.1) is 0 Å². The zero-order valence-corrected chi connectivity index (χ0v) is 10.1. The second kappa shape index (κ2) is 4.53. The molecule has 1 heterocycles. The predicted molar refractivity (Wildman–Crippen MR) is 58.1 cm³/mol. The molecule has 2 N–H and O–H groups in total. The average Bonchev–Trinajstić information content (AvgIpc) is 2.46. The van der Waals surface area contributed by atoms with E-state index in [1.165, 1.54) is 4.90 Å². The van der Waals surface area contributed by atoms with Gasteiger partial charge in [0.2, 0.25) is 0 Å². The molecule has 1 fully saturated rings. The van der Waals surface area contributed by atoms with E-state index < -0.39 is 23.7 Å². The third-order valence-electron chi connectivity index (χ3n) is 3.48. The molecule has 0 aromatic carbocycles. The Morgan fingerprint density at radius 3 is 2.25 bits per heavy atom. The minimum atomic E-state index is -4.16. The lowest BCUT2D eigenvalue weighted by atomic mass is 9.96. The van der Waals surface area contributed by atoms with Gasteiger partial charge in [-0.2, -0.15) is 13.2 Å². The maximum Gasteiger partial charge on any atom is 0.404 e. The lowest BCUT2D eigenvalue weighted by Crippen LogP contribution is -2.51. The van der Waals surface area contributed by atoms with Gasteiger partial charge in [0.15, 0.2) is 0 Å². The summed E-state index contributed by atoms with van der Waals surface area (Å²) in [5, 5.41) is 0. The van der Waals surface area contributed by atoms with Gasteiger partial charge in [-0.1, -0.05) is 20.8 Å². The highest BCUT2D eigenvalue weighted by Gasteiger charge is 2.49. The van der Waals surface area contributed by atoms with Gasteiger partial charge in [-0.3, -0.25) is 4.90 Å². The van der Waals surface area contributed by atoms with Crippen LogP contribution in [0.5, 0.6) is 0 Å². The molecule has 0 saturated carbocycles. The fourth-order valence-corrected chi connectivity index (χ4v) is 2.46. The Labute approximate surface area is 95.0 Å². The first-order valence-electron chi connectivity index (χ1n) is 5.79. The topological polar surface area (TPSA) is 29.3 Å². The first-order chi connectivity index (χ1) is 7.19. The van der Waals surface area contributed by atoms with E-state index in [4.69, 9.17) is 5.73 Å². The second-order valence-corrected chi connectivity index (χ2v) is 5.17. The van der Waals surface area contributed by atoms with Gasteiger partial charge in [0.25, 0.3) is 0 Å². The molecular weight excluding hydrogens is 217 g/mol. The Bertz CT molecular complexity index is 240. The van der Waals surface area contributed by atoms with Crippen LogP contribution in [0.15, 0.2) is 0 Å². The van der Waals surface area contributed by atoms with Gasteiger partial charge in [-0.25, -0.2) is 0 Å². The molecule has 0 bridgehead atoms. The van der Waals surface area contributed by atoms with E-state index in [0.29, 0.717) is 19.5 Å². The van der Waals surface area contributed by atoms with Crippen molar-refractivity contribution in [1.82, 2.24) is 4.90 Å². The van der Waals surface area contributed by atoms with E-state index in [1.807, 2.05) is 6.92 Å². The second-order valence-electron chi connectivity index (χ2n) is 5.17. The van der Waals surface area contributed by atoms with Crippen LogP contribution < -0.4 is 5.73 Å². The largest absolute Gasteiger partial charge is 0.404 e. The van der Waals surface area contributed by atoms with Crippen LogP contribution in [0.25, 0.3) is 0 Å². The molecule has 1 aliphatic heterocycles. The fourth-order valence-electron chi connectivity index (χ4n) is 2.46. The fraction of sp³-hybridized carbons (Fsp3) is 1.00. The SMILES string of the molecule is CCC1(N)CCN(C(C(C)C)C(F)(F)F)C1. The summed E-state index contributed by atoms with van der Waals surface area (Å²) in [6, 6.07) is -1.36. The van der Waals surface area contributed by atoms with Crippen molar-refractivity contribution in [3.63, 3.8) is 0 Å². The molecule has 0 aromatic heterocycles. The Morgan fingerprint density at radius 2 is 1.94 bits per heavy atom. The number of halogens is 3. The maximum absolute atomic E-state index is 12.9. The normalized spacial score (nSPS) is 30.0. The van der Waals surface area contributed by atoms with Crippen molar-refractivity contribution in [2.24, 2.45) is 11.7 Å². The van der Waals surface area contributed by atoms with Gasteiger partial charge in [-0.05, 0) is 18.8 Å². The van der Waals surface area contributed by atoms with E-state index in [-0.39, 0.29) is 0 Å². The smallest absolute Gasteiger partial charge is 0.324 e. The minimum absolute atomic E-state index is 0.353. The van der Waals surface area contributed by atoms with Gasteiger partial charge in [0, 0.05) is 18.6 Å². The third-order valence-corrected chi connectivity index (χ3v) is 3.48. The zero-order valence-electron chi connectivity index (χ0n) is 10.1. The molecule has 0 aromatic rings. The molecule has 0 aliphatic carbocycles. The highest BCUT2D eigenvalue weighted by atomic mass is 19.4. The van der Waals surface area contributed by atoms with E-state index in [2.05, 4.69) is 0 Å². The van der Waals surface area contributed by atoms with Gasteiger partial charge < -0.3 is 5.73 Å². The van der Waals surface area contributed by atoms with Crippen LogP contribution >= 0.6 is 0 Å². The number of nitrogens with zero attached hydrogens (tertiary/aromatic N) is 1. The van der Waals surface area contributed by atoms with Crippen molar-refractivity contribution in [2.75, 3.05) is 13.1 Å². The van der Waals surface area contributed by atoms with E-state index in [1.54, 1.807) is 13.8 Å². The molecule has 5 heteroatoms. The van der Waals surface area contributed by atoms with Gasteiger partial charge in [-0.15, -0.1) is 0 Å². The number of rotatable bonds is 3. The maximum atomic E-state index is 12.9. The van der Waals surface area contributed by atoms with Crippen LogP contribution in [0.2, 0.25) is 0 Å². The predicted octanol–water partition coefficient (Wildman–Crippen LogP) is 2.39. The van der Waals surface area contributed by atoms with Crippen LogP contribution in [-0.4, -0.2) is 35.7 Å². The summed E-state index contributed by atoms with van der Waals surface area (Å²) >= 11 is 0. The monoisotopic (exact) mass is 238 g/mol. The van der Waals surface area contributed by atoms with E-state index >= 15 is 0 Å². The lowest BCUT2D eigenvalue weighted by molar-refractivity contribution is -0.192. The van der Waals surface area contributed by atoms with E-state index in [9.17, 15) is 13.2 Å². The summed E-state index contributed by atoms with van der Waals surface area (Å²) in [5.41, 5.74) is 5.59. The highest BCUT2D eigenvalue weighted by Crippen LogP contribution is 2.34. The number of alkyl halides is 3. The standard InChI is InChI=1S/C11H21F3N2/c1-4-10(15)5-6-16(7-10)9(8(2)3)11(12,13)14/h8-9H,4-7,15H2,1-3H3. The summed E-state index contributed by atoms with van der Waals surface area (Å²) in [6.07, 6.45) is -2.78. The van der Waals surface area contributed by atoms with Crippen molar-refractivity contribution in [3.05, 3.63) is 0 Å². The van der Waals surface area contributed by atoms with Crippen LogP contribution in [0, 0.1) is 5.92 Å². The first kappa shape index (κ1) is 13.8. The molecule has 16 heavy (non-hydrogen) atoms. The van der Waals surface area contributed by atoms with Crippen LogP contribution in [0.4, 0.5) is 13.2 Å². The zero-order chi connectivity index (χ0) is 12.6. The summed E-state index contributed by atoms with van der Waals surface area (Å²) in [6.45, 7) is 5.96. The Kier molecular flexibility index (Phi) is 3.90. The molecule has 1 saturated heterocycles.